The van der Waals surface area contributed by atoms with Crippen molar-refractivity contribution in [2.75, 3.05) is 0 Å². The summed E-state index contributed by atoms with van der Waals surface area (Å²) >= 11 is 6.10. The zero-order valence-corrected chi connectivity index (χ0v) is 10.8. The van der Waals surface area contributed by atoms with Gasteiger partial charge in [0.1, 0.15) is 11.9 Å². The van der Waals surface area contributed by atoms with E-state index in [4.69, 9.17) is 22.1 Å². The van der Waals surface area contributed by atoms with E-state index in [1.54, 1.807) is 0 Å². The molecule has 2 N–H and O–H groups in total. The summed E-state index contributed by atoms with van der Waals surface area (Å²) in [6.07, 6.45) is 7.19. The van der Waals surface area contributed by atoms with Crippen molar-refractivity contribution in [2.24, 2.45) is 5.73 Å². The van der Waals surface area contributed by atoms with Crippen LogP contribution in [-0.2, 0) is 0 Å². The van der Waals surface area contributed by atoms with Crippen LogP contribution in [0.5, 0.6) is 5.75 Å². The van der Waals surface area contributed by atoms with Gasteiger partial charge in [-0.3, -0.25) is 0 Å². The van der Waals surface area contributed by atoms with Crippen LogP contribution in [0.1, 0.15) is 38.5 Å². The maximum Gasteiger partial charge on any atom is 0.138 e. The van der Waals surface area contributed by atoms with Gasteiger partial charge in [0.15, 0.2) is 0 Å². The summed E-state index contributed by atoms with van der Waals surface area (Å²) in [5.41, 5.74) is 6.18. The molecule has 2 rings (SSSR count). The Morgan fingerprint density at radius 1 is 1.06 bits per heavy atom. The van der Waals surface area contributed by atoms with Crippen LogP contribution in [0, 0.1) is 0 Å². The molecule has 1 aromatic rings. The third-order valence-corrected chi connectivity index (χ3v) is 3.68. The fourth-order valence-corrected chi connectivity index (χ4v) is 2.51. The van der Waals surface area contributed by atoms with E-state index in [0.717, 1.165) is 18.6 Å². The molecular weight excluding hydrogens is 234 g/mol. The van der Waals surface area contributed by atoms with Gasteiger partial charge in [0.2, 0.25) is 0 Å². The summed E-state index contributed by atoms with van der Waals surface area (Å²) in [6, 6.07) is 7.74. The molecule has 17 heavy (non-hydrogen) atoms. The summed E-state index contributed by atoms with van der Waals surface area (Å²) in [5.74, 6) is 0.759. The van der Waals surface area contributed by atoms with Crippen LogP contribution in [0.25, 0.3) is 0 Å². The van der Waals surface area contributed by atoms with Gasteiger partial charge in [0, 0.05) is 6.04 Å². The summed E-state index contributed by atoms with van der Waals surface area (Å²) in [6.45, 7) is 0. The number of nitrogens with two attached hydrogens (primary N) is 1. The lowest BCUT2D eigenvalue weighted by Crippen LogP contribution is -2.39. The number of hydrogen-bond donors (Lipinski definition) is 1. The van der Waals surface area contributed by atoms with E-state index in [2.05, 4.69) is 0 Å². The van der Waals surface area contributed by atoms with Gasteiger partial charge in [-0.1, -0.05) is 43.0 Å². The van der Waals surface area contributed by atoms with E-state index in [1.807, 2.05) is 24.3 Å². The Morgan fingerprint density at radius 3 is 2.53 bits per heavy atom. The first-order valence-corrected chi connectivity index (χ1v) is 6.82. The molecule has 0 radical (unpaired) electrons. The fourth-order valence-electron chi connectivity index (χ4n) is 2.33. The molecular formula is C14H20ClNO. The first-order valence-electron chi connectivity index (χ1n) is 6.44. The predicted octanol–water partition coefficient (Wildman–Crippen LogP) is 3.77. The van der Waals surface area contributed by atoms with Gasteiger partial charge in [0.25, 0.3) is 0 Å². The molecule has 2 nitrogen and oxygen atoms in total. The van der Waals surface area contributed by atoms with Crippen LogP contribution in [0.4, 0.5) is 0 Å². The molecule has 0 aliphatic heterocycles. The third-order valence-electron chi connectivity index (χ3n) is 3.37. The molecule has 0 amide bonds. The van der Waals surface area contributed by atoms with Crippen LogP contribution in [-0.4, -0.2) is 12.1 Å². The minimum absolute atomic E-state index is 0.107. The van der Waals surface area contributed by atoms with Crippen molar-refractivity contribution in [3.8, 4) is 5.75 Å². The molecule has 2 atom stereocenters. The number of hydrogen-bond acceptors (Lipinski definition) is 2. The number of rotatable bonds is 2. The topological polar surface area (TPSA) is 35.2 Å². The van der Waals surface area contributed by atoms with E-state index in [-0.39, 0.29) is 12.1 Å². The molecule has 0 aromatic heterocycles. The maximum atomic E-state index is 6.18. The normalized spacial score (nSPS) is 26.0. The first-order chi connectivity index (χ1) is 8.27. The number of benzene rings is 1. The number of para-hydroxylation sites is 1. The quantitative estimate of drug-likeness (QED) is 0.871. The standard InChI is InChI=1S/C14H20ClNO/c15-11-7-5-6-9-13(11)17-14-10-4-2-1-3-8-12(14)16/h5-7,9,12,14H,1-4,8,10,16H2. The Morgan fingerprint density at radius 2 is 1.76 bits per heavy atom. The van der Waals surface area contributed by atoms with Crippen molar-refractivity contribution in [3.63, 3.8) is 0 Å². The second kappa shape index (κ2) is 6.27. The molecule has 1 aliphatic carbocycles. The molecule has 1 aliphatic rings. The molecule has 2 unspecified atom stereocenters. The molecule has 1 saturated carbocycles. The largest absolute Gasteiger partial charge is 0.487 e. The van der Waals surface area contributed by atoms with Gasteiger partial charge in [0.05, 0.1) is 5.02 Å². The van der Waals surface area contributed by atoms with Gasteiger partial charge in [-0.15, -0.1) is 0 Å². The lowest BCUT2D eigenvalue weighted by molar-refractivity contribution is 0.145. The Hall–Kier alpha value is -0.730. The smallest absolute Gasteiger partial charge is 0.138 e. The number of ether oxygens (including phenoxy) is 1. The Bertz CT molecular complexity index is 356. The SMILES string of the molecule is NC1CCCCCCC1Oc1ccccc1Cl. The van der Waals surface area contributed by atoms with Gasteiger partial charge in [-0.25, -0.2) is 0 Å². The highest BCUT2D eigenvalue weighted by Crippen LogP contribution is 2.27. The van der Waals surface area contributed by atoms with Gasteiger partial charge in [-0.2, -0.15) is 0 Å². The van der Waals surface area contributed by atoms with Crippen LogP contribution in [0.15, 0.2) is 24.3 Å². The Kier molecular flexibility index (Phi) is 4.69. The van der Waals surface area contributed by atoms with Crippen molar-refractivity contribution in [3.05, 3.63) is 29.3 Å². The minimum atomic E-state index is 0.107. The molecule has 1 aromatic carbocycles. The lowest BCUT2D eigenvalue weighted by Gasteiger charge is -2.27. The minimum Gasteiger partial charge on any atom is -0.487 e. The molecule has 0 spiro atoms. The molecule has 94 valence electrons. The van der Waals surface area contributed by atoms with Gasteiger partial charge >= 0.3 is 0 Å². The second-order valence-electron chi connectivity index (χ2n) is 4.74. The molecule has 3 heteroatoms. The van der Waals surface area contributed by atoms with Crippen molar-refractivity contribution in [1.82, 2.24) is 0 Å². The van der Waals surface area contributed by atoms with E-state index >= 15 is 0 Å². The van der Waals surface area contributed by atoms with Crippen molar-refractivity contribution in [2.45, 2.75) is 50.7 Å². The van der Waals surface area contributed by atoms with Crippen molar-refractivity contribution >= 4 is 11.6 Å². The average molecular weight is 254 g/mol. The molecule has 0 saturated heterocycles. The Balaban J connectivity index is 2.02. The summed E-state index contributed by atoms with van der Waals surface area (Å²) in [4.78, 5) is 0. The highest BCUT2D eigenvalue weighted by molar-refractivity contribution is 6.32. The third kappa shape index (κ3) is 3.62. The van der Waals surface area contributed by atoms with E-state index < -0.39 is 0 Å². The molecule has 0 bridgehead atoms. The van der Waals surface area contributed by atoms with Crippen LogP contribution in [0.2, 0.25) is 5.02 Å². The molecule has 1 fully saturated rings. The second-order valence-corrected chi connectivity index (χ2v) is 5.15. The van der Waals surface area contributed by atoms with Crippen LogP contribution >= 0.6 is 11.6 Å². The van der Waals surface area contributed by atoms with Crippen LogP contribution in [0.3, 0.4) is 0 Å². The van der Waals surface area contributed by atoms with E-state index in [1.165, 1.54) is 25.7 Å². The van der Waals surface area contributed by atoms with Crippen molar-refractivity contribution in [1.29, 1.82) is 0 Å². The summed E-state index contributed by atoms with van der Waals surface area (Å²) in [7, 11) is 0. The summed E-state index contributed by atoms with van der Waals surface area (Å²) < 4.78 is 5.98. The predicted molar refractivity (Wildman–Crippen MR) is 71.5 cm³/mol. The highest BCUT2D eigenvalue weighted by atomic mass is 35.5. The van der Waals surface area contributed by atoms with E-state index in [9.17, 15) is 0 Å². The Labute approximate surface area is 108 Å². The average Bonchev–Trinajstić information content (AvgIpc) is 2.31. The zero-order chi connectivity index (χ0) is 12.1. The fraction of sp³-hybridized carbons (Fsp3) is 0.571. The first kappa shape index (κ1) is 12.7. The van der Waals surface area contributed by atoms with E-state index in [0.29, 0.717) is 5.02 Å². The van der Waals surface area contributed by atoms with Crippen LogP contribution < -0.4 is 10.5 Å². The zero-order valence-electron chi connectivity index (χ0n) is 10.1. The lowest BCUT2D eigenvalue weighted by atomic mass is 9.95. The molecule has 0 heterocycles. The number of halogens is 1. The van der Waals surface area contributed by atoms with Gasteiger partial charge < -0.3 is 10.5 Å². The summed E-state index contributed by atoms with van der Waals surface area (Å²) in [5, 5.41) is 0.668. The highest BCUT2D eigenvalue weighted by Gasteiger charge is 2.21. The van der Waals surface area contributed by atoms with Gasteiger partial charge in [-0.05, 0) is 31.4 Å². The van der Waals surface area contributed by atoms with Crippen molar-refractivity contribution < 1.29 is 4.74 Å². The maximum absolute atomic E-state index is 6.18. The monoisotopic (exact) mass is 253 g/mol.